The van der Waals surface area contributed by atoms with Gasteiger partial charge in [-0.1, -0.05) is 60.5 Å². The summed E-state index contributed by atoms with van der Waals surface area (Å²) in [4.78, 5) is 0. The third-order valence-corrected chi connectivity index (χ3v) is 7.09. The van der Waals surface area contributed by atoms with Gasteiger partial charge in [-0.25, -0.2) is 18.6 Å². The second kappa shape index (κ2) is 7.87. The molecular weight excluding hydrogens is 477 g/mol. The van der Waals surface area contributed by atoms with E-state index in [9.17, 15) is 0 Å². The second-order valence-corrected chi connectivity index (χ2v) is 8.58. The van der Waals surface area contributed by atoms with Gasteiger partial charge in [0.2, 0.25) is 0 Å². The number of benzene rings is 4. The zero-order valence-corrected chi connectivity index (χ0v) is 20.9. The van der Waals surface area contributed by atoms with Crippen LogP contribution < -0.4 is 0 Å². The number of hydrogen-bond donors (Lipinski definition) is 0. The van der Waals surface area contributed by atoms with Crippen molar-refractivity contribution in [2.24, 2.45) is 5.92 Å². The van der Waals surface area contributed by atoms with Crippen molar-refractivity contribution < 1.29 is 37.1 Å². The first-order chi connectivity index (χ1) is 15.9. The molecule has 155 valence electrons. The minimum atomic E-state index is -0.360. The van der Waals surface area contributed by atoms with Crippen LogP contribution in [-0.2, 0) is 38.1 Å². The molecule has 1 nitrogen and oxygen atoms in total. The van der Waals surface area contributed by atoms with Gasteiger partial charge >= 0.3 is 0 Å². The van der Waals surface area contributed by atoms with Gasteiger partial charge in [0.15, 0.2) is 0 Å². The molecule has 2 heteroatoms. The molecule has 0 fully saturated rings. The number of allylic oxidation sites excluding steroid dienone is 4. The van der Waals surface area contributed by atoms with Gasteiger partial charge in [0.1, 0.15) is 11.2 Å². The van der Waals surface area contributed by atoms with Gasteiger partial charge in [-0.3, -0.25) is 0 Å². The smallest absolute Gasteiger partial charge is 0.143 e. The van der Waals surface area contributed by atoms with E-state index in [4.69, 9.17) is 4.42 Å². The monoisotopic (exact) mass is 497 g/mol. The Labute approximate surface area is 218 Å². The van der Waals surface area contributed by atoms with Crippen molar-refractivity contribution in [1.82, 2.24) is 0 Å². The second-order valence-electron chi connectivity index (χ2n) is 8.58. The van der Waals surface area contributed by atoms with Crippen LogP contribution in [0.15, 0.2) is 114 Å². The molecule has 1 heterocycles. The Morgan fingerprint density at radius 2 is 1.64 bits per heavy atom. The number of para-hydroxylation sites is 1. The maximum atomic E-state index is 6.52. The third kappa shape index (κ3) is 2.76. The van der Waals surface area contributed by atoms with E-state index in [-0.39, 0.29) is 44.0 Å². The Morgan fingerprint density at radius 3 is 2.48 bits per heavy atom. The standard InChI is InChI=1S/C31H20O.Y/c1-3-11-21(12-4-1)31(22-13-5-2-6-14-22)26-17-9-7-16-25(26)29-27(31)20-19-24-23-15-8-10-18-28(23)32-30(24)29;/h1-13,15-21H;/q-2;. The molecule has 7 rings (SSSR count). The Hall–Kier alpha value is -2.87. The maximum absolute atomic E-state index is 6.52. The normalized spacial score (nSPS) is 20.3. The Balaban J connectivity index is 0.00000206. The van der Waals surface area contributed by atoms with Crippen LogP contribution in [0.25, 0.3) is 33.1 Å². The van der Waals surface area contributed by atoms with Crippen molar-refractivity contribution in [1.29, 1.82) is 0 Å². The van der Waals surface area contributed by atoms with Crippen LogP contribution in [0.4, 0.5) is 0 Å². The van der Waals surface area contributed by atoms with Crippen LogP contribution in [0.3, 0.4) is 0 Å². The molecule has 33 heavy (non-hydrogen) atoms. The molecule has 2 aliphatic carbocycles. The van der Waals surface area contributed by atoms with Crippen molar-refractivity contribution in [3.05, 3.63) is 138 Å². The van der Waals surface area contributed by atoms with Crippen molar-refractivity contribution in [3.63, 3.8) is 0 Å². The van der Waals surface area contributed by atoms with Crippen LogP contribution >= 0.6 is 0 Å². The fourth-order valence-corrected chi connectivity index (χ4v) is 5.83. The van der Waals surface area contributed by atoms with Crippen molar-refractivity contribution >= 4 is 21.9 Å². The minimum absolute atomic E-state index is 0. The molecule has 2 atom stereocenters. The average molecular weight is 497 g/mol. The van der Waals surface area contributed by atoms with Crippen LogP contribution in [-0.4, -0.2) is 0 Å². The topological polar surface area (TPSA) is 13.1 Å². The Morgan fingerprint density at radius 1 is 0.788 bits per heavy atom. The SMILES string of the molecule is [Y].[c-]1ccccc1C1(C2C=CC=C[CH-]2)c2ccccc2-c2c1ccc1c2oc2ccccc21. The van der Waals surface area contributed by atoms with Gasteiger partial charge in [-0.05, 0) is 22.8 Å². The molecule has 0 saturated heterocycles. The molecule has 0 aliphatic heterocycles. The summed E-state index contributed by atoms with van der Waals surface area (Å²) in [6, 6.07) is 33.7. The average Bonchev–Trinajstić information content (AvgIpc) is 3.39. The van der Waals surface area contributed by atoms with Gasteiger partial charge in [-0.15, -0.1) is 17.7 Å². The molecule has 5 aromatic rings. The molecule has 4 aromatic carbocycles. The zero-order chi connectivity index (χ0) is 21.1. The van der Waals surface area contributed by atoms with Crippen LogP contribution in [0.5, 0.6) is 0 Å². The van der Waals surface area contributed by atoms with Crippen molar-refractivity contribution in [2.75, 3.05) is 0 Å². The fraction of sp³-hybridized carbons (Fsp3) is 0.0645. The summed E-state index contributed by atoms with van der Waals surface area (Å²) in [5.41, 5.74) is 7.79. The summed E-state index contributed by atoms with van der Waals surface area (Å²) >= 11 is 0. The molecule has 0 saturated carbocycles. The van der Waals surface area contributed by atoms with Gasteiger partial charge in [0.05, 0.1) is 0 Å². The van der Waals surface area contributed by atoms with E-state index in [2.05, 4.69) is 104 Å². The van der Waals surface area contributed by atoms with E-state index in [1.807, 2.05) is 18.2 Å². The van der Waals surface area contributed by atoms with Gasteiger partial charge < -0.3 is 4.42 Å². The van der Waals surface area contributed by atoms with E-state index < -0.39 is 0 Å². The van der Waals surface area contributed by atoms with Gasteiger partial charge in [0, 0.05) is 54.5 Å². The predicted octanol–water partition coefficient (Wildman–Crippen LogP) is 7.64. The summed E-state index contributed by atoms with van der Waals surface area (Å²) in [7, 11) is 0. The molecule has 0 spiro atoms. The number of fused-ring (bicyclic) bond motifs is 7. The fourth-order valence-electron chi connectivity index (χ4n) is 5.83. The molecule has 2 aliphatic rings. The Kier molecular flexibility index (Phi) is 4.94. The van der Waals surface area contributed by atoms with E-state index in [1.54, 1.807) is 0 Å². The first kappa shape index (κ1) is 20.7. The third-order valence-electron chi connectivity index (χ3n) is 7.09. The number of rotatable bonds is 2. The first-order valence-electron chi connectivity index (χ1n) is 11.1. The molecule has 2 unspecified atom stereocenters. The molecule has 1 aromatic heterocycles. The van der Waals surface area contributed by atoms with Gasteiger partial charge in [-0.2, -0.15) is 30.3 Å². The van der Waals surface area contributed by atoms with Crippen LogP contribution in [0.2, 0.25) is 0 Å². The molecule has 1 radical (unpaired) electrons. The molecular formula is C31H20OY-2. The molecule has 0 amide bonds. The summed E-state index contributed by atoms with van der Waals surface area (Å²) in [5, 5.41) is 2.34. The zero-order valence-electron chi connectivity index (χ0n) is 18.0. The summed E-state index contributed by atoms with van der Waals surface area (Å²) in [6.07, 6.45) is 11.1. The minimum Gasteiger partial charge on any atom is -0.455 e. The van der Waals surface area contributed by atoms with E-state index in [0.717, 1.165) is 11.2 Å². The Bertz CT molecular complexity index is 1560. The number of hydrogen-bond acceptors (Lipinski definition) is 1. The largest absolute Gasteiger partial charge is 0.455 e. The van der Waals surface area contributed by atoms with Crippen molar-refractivity contribution in [2.45, 2.75) is 5.41 Å². The quantitative estimate of drug-likeness (QED) is 0.229. The van der Waals surface area contributed by atoms with Gasteiger partial charge in [0.25, 0.3) is 0 Å². The number of furan rings is 1. The molecule has 0 N–H and O–H groups in total. The van der Waals surface area contributed by atoms with E-state index in [0.29, 0.717) is 0 Å². The predicted molar refractivity (Wildman–Crippen MR) is 130 cm³/mol. The first-order valence-corrected chi connectivity index (χ1v) is 11.1. The summed E-state index contributed by atoms with van der Waals surface area (Å²) in [6.45, 7) is 0. The van der Waals surface area contributed by atoms with Crippen molar-refractivity contribution in [3.8, 4) is 11.1 Å². The van der Waals surface area contributed by atoms with E-state index in [1.165, 1.54) is 38.6 Å². The van der Waals surface area contributed by atoms with Crippen LogP contribution in [0.1, 0.15) is 16.7 Å². The summed E-state index contributed by atoms with van der Waals surface area (Å²) in [5.74, 6) is 0.176. The molecule has 0 bridgehead atoms. The van der Waals surface area contributed by atoms with E-state index >= 15 is 0 Å². The summed E-state index contributed by atoms with van der Waals surface area (Å²) < 4.78 is 6.52. The maximum Gasteiger partial charge on any atom is 0.143 e. The van der Waals surface area contributed by atoms with Crippen LogP contribution in [0, 0.1) is 18.4 Å².